The minimum atomic E-state index is -0.801. The van der Waals surface area contributed by atoms with Crippen LogP contribution in [0.3, 0.4) is 0 Å². The zero-order valence-electron chi connectivity index (χ0n) is 20.3. The van der Waals surface area contributed by atoms with E-state index in [4.69, 9.17) is 23.7 Å². The molecule has 0 aromatic heterocycles. The van der Waals surface area contributed by atoms with Crippen LogP contribution in [0.4, 0.5) is 0 Å². The van der Waals surface area contributed by atoms with Crippen molar-refractivity contribution in [2.24, 2.45) is 5.92 Å². The van der Waals surface area contributed by atoms with Crippen LogP contribution in [0.1, 0.15) is 66.2 Å². The molecule has 4 atom stereocenters. The Morgan fingerprint density at radius 3 is 1.94 bits per heavy atom. The highest BCUT2D eigenvalue weighted by atomic mass is 16.5. The van der Waals surface area contributed by atoms with Gasteiger partial charge in [0.2, 0.25) is 0 Å². The van der Waals surface area contributed by atoms with E-state index in [1.807, 2.05) is 0 Å². The Kier molecular flexibility index (Phi) is 14.3. The van der Waals surface area contributed by atoms with Crippen LogP contribution >= 0.6 is 0 Å². The van der Waals surface area contributed by atoms with Gasteiger partial charge in [-0.15, -0.1) is 0 Å². The third-order valence-corrected chi connectivity index (χ3v) is 5.21. The van der Waals surface area contributed by atoms with Gasteiger partial charge in [-0.25, -0.2) is 0 Å². The molecule has 0 aromatic rings. The van der Waals surface area contributed by atoms with Gasteiger partial charge in [-0.2, -0.15) is 0 Å². The molecule has 190 valence electrons. The highest BCUT2D eigenvalue weighted by Gasteiger charge is 2.31. The number of carbonyl (C=O) groups is 4. The van der Waals surface area contributed by atoms with Gasteiger partial charge in [0.15, 0.2) is 0 Å². The Hall–Kier alpha value is -2.20. The van der Waals surface area contributed by atoms with Crippen LogP contribution in [-0.4, -0.2) is 75.1 Å². The predicted octanol–water partition coefficient (Wildman–Crippen LogP) is 1.92. The number of hydrogen-bond donors (Lipinski definition) is 1. The smallest absolute Gasteiger partial charge is 0.323 e. The molecule has 0 saturated carbocycles. The lowest BCUT2D eigenvalue weighted by atomic mass is 9.96. The first-order chi connectivity index (χ1) is 15.8. The van der Waals surface area contributed by atoms with Crippen LogP contribution in [-0.2, 0) is 42.9 Å². The van der Waals surface area contributed by atoms with Crippen LogP contribution in [0.2, 0.25) is 0 Å². The minimum Gasteiger partial charge on any atom is -0.466 e. The monoisotopic (exact) mass is 473 g/mol. The summed E-state index contributed by atoms with van der Waals surface area (Å²) in [4.78, 5) is 48.0. The summed E-state index contributed by atoms with van der Waals surface area (Å²) in [6, 6.07) is -0.801. The van der Waals surface area contributed by atoms with Crippen molar-refractivity contribution in [1.82, 2.24) is 5.32 Å². The first kappa shape index (κ1) is 28.8. The van der Waals surface area contributed by atoms with Gasteiger partial charge in [-0.1, -0.05) is 0 Å². The Morgan fingerprint density at radius 1 is 0.788 bits per heavy atom. The molecule has 0 aliphatic carbocycles. The van der Waals surface area contributed by atoms with Crippen LogP contribution in [0, 0.1) is 5.92 Å². The summed E-state index contributed by atoms with van der Waals surface area (Å²) in [5.74, 6) is -2.37. The lowest BCUT2D eigenvalue weighted by Crippen LogP contribution is -2.43. The lowest BCUT2D eigenvalue weighted by molar-refractivity contribution is -0.155. The van der Waals surface area contributed by atoms with E-state index in [1.54, 1.807) is 27.7 Å². The Bertz CT molecular complexity index is 573. The van der Waals surface area contributed by atoms with Crippen LogP contribution in [0.5, 0.6) is 0 Å². The minimum absolute atomic E-state index is 0.0144. The molecule has 1 N–H and O–H groups in total. The molecule has 0 spiro atoms. The van der Waals surface area contributed by atoms with E-state index >= 15 is 0 Å². The molecule has 33 heavy (non-hydrogen) atoms. The zero-order valence-corrected chi connectivity index (χ0v) is 20.3. The maximum atomic E-state index is 12.2. The fourth-order valence-electron chi connectivity index (χ4n) is 3.66. The van der Waals surface area contributed by atoms with Crippen molar-refractivity contribution in [3.8, 4) is 0 Å². The number of ether oxygens (including phenoxy) is 5. The fraction of sp³-hybridized carbons (Fsp3) is 0.826. The second-order valence-corrected chi connectivity index (χ2v) is 7.71. The summed E-state index contributed by atoms with van der Waals surface area (Å²) < 4.78 is 26.1. The summed E-state index contributed by atoms with van der Waals surface area (Å²) in [7, 11) is 0. The molecule has 0 aromatic carbocycles. The van der Waals surface area contributed by atoms with Crippen LogP contribution < -0.4 is 5.32 Å². The quantitative estimate of drug-likeness (QED) is 0.262. The van der Waals surface area contributed by atoms with E-state index in [1.165, 1.54) is 0 Å². The van der Waals surface area contributed by atoms with Gasteiger partial charge in [-0.3, -0.25) is 19.2 Å². The maximum absolute atomic E-state index is 12.2. The largest absolute Gasteiger partial charge is 0.466 e. The molecule has 0 amide bonds. The summed E-state index contributed by atoms with van der Waals surface area (Å²) in [5.41, 5.74) is 0. The van der Waals surface area contributed by atoms with E-state index in [-0.39, 0.29) is 51.5 Å². The zero-order chi connectivity index (χ0) is 24.6. The van der Waals surface area contributed by atoms with Gasteiger partial charge in [0.05, 0.1) is 57.4 Å². The molecule has 0 bridgehead atoms. The van der Waals surface area contributed by atoms with Crippen molar-refractivity contribution in [3.05, 3.63) is 0 Å². The third kappa shape index (κ3) is 11.5. The predicted molar refractivity (Wildman–Crippen MR) is 118 cm³/mol. The first-order valence-corrected chi connectivity index (χ1v) is 11.9. The molecular formula is C23H39NO9. The summed E-state index contributed by atoms with van der Waals surface area (Å²) in [6.07, 6.45) is 2.29. The van der Waals surface area contributed by atoms with Gasteiger partial charge in [0, 0.05) is 6.54 Å². The average Bonchev–Trinajstić information content (AvgIpc) is 3.22. The van der Waals surface area contributed by atoms with E-state index < -0.39 is 35.8 Å². The summed E-state index contributed by atoms with van der Waals surface area (Å²) in [6.45, 7) is 8.20. The average molecular weight is 474 g/mol. The molecule has 10 nitrogen and oxygen atoms in total. The molecule has 1 saturated heterocycles. The molecule has 1 fully saturated rings. The lowest BCUT2D eigenvalue weighted by Gasteiger charge is -2.20. The first-order valence-electron chi connectivity index (χ1n) is 11.9. The maximum Gasteiger partial charge on any atom is 0.323 e. The molecule has 1 aliphatic rings. The van der Waals surface area contributed by atoms with Gasteiger partial charge < -0.3 is 29.0 Å². The molecule has 1 rings (SSSR count). The summed E-state index contributed by atoms with van der Waals surface area (Å²) >= 11 is 0. The highest BCUT2D eigenvalue weighted by molar-refractivity contribution is 5.82. The molecule has 1 aliphatic heterocycles. The summed E-state index contributed by atoms with van der Waals surface area (Å²) in [5, 5.41) is 3.06. The Labute approximate surface area is 196 Å². The topological polar surface area (TPSA) is 126 Å². The molecular weight excluding hydrogens is 434 g/mol. The number of rotatable bonds is 16. The van der Waals surface area contributed by atoms with Gasteiger partial charge >= 0.3 is 23.9 Å². The molecule has 0 radical (unpaired) electrons. The van der Waals surface area contributed by atoms with Crippen molar-refractivity contribution in [2.45, 2.75) is 84.5 Å². The number of esters is 4. The standard InChI is InChI=1S/C23H39NO9/c1-5-29-20(25)13-16(22(27)31-7-3)9-10-17-11-12-18(33-17)15-24-19(23(28)32-8-4)14-21(26)30-6-2/h16-19,24H,5-15H2,1-4H3. The second-order valence-electron chi connectivity index (χ2n) is 7.71. The third-order valence-electron chi connectivity index (χ3n) is 5.21. The fourth-order valence-corrected chi connectivity index (χ4v) is 3.66. The SMILES string of the molecule is CCOC(=O)CC(CCC1CCC(CNC(CC(=O)OCC)C(=O)OCC)O1)C(=O)OCC. The van der Waals surface area contributed by atoms with Crippen molar-refractivity contribution >= 4 is 23.9 Å². The van der Waals surface area contributed by atoms with Gasteiger partial charge in [0.1, 0.15) is 6.04 Å². The normalized spacial score (nSPS) is 19.4. The molecule has 10 heteroatoms. The van der Waals surface area contributed by atoms with Crippen LogP contribution in [0.15, 0.2) is 0 Å². The Morgan fingerprint density at radius 2 is 1.33 bits per heavy atom. The van der Waals surface area contributed by atoms with Crippen molar-refractivity contribution in [1.29, 1.82) is 0 Å². The van der Waals surface area contributed by atoms with Gasteiger partial charge in [-0.05, 0) is 53.4 Å². The van der Waals surface area contributed by atoms with Crippen LogP contribution in [0.25, 0.3) is 0 Å². The number of nitrogens with one attached hydrogen (secondary N) is 1. The molecule has 1 heterocycles. The number of hydrogen-bond acceptors (Lipinski definition) is 10. The van der Waals surface area contributed by atoms with Gasteiger partial charge in [0.25, 0.3) is 0 Å². The molecule has 4 unspecified atom stereocenters. The highest BCUT2D eigenvalue weighted by Crippen LogP contribution is 2.26. The van der Waals surface area contributed by atoms with Crippen molar-refractivity contribution in [2.75, 3.05) is 33.0 Å². The van der Waals surface area contributed by atoms with Crippen molar-refractivity contribution in [3.63, 3.8) is 0 Å². The van der Waals surface area contributed by atoms with E-state index in [0.29, 0.717) is 19.4 Å². The second kappa shape index (κ2) is 16.4. The van der Waals surface area contributed by atoms with E-state index in [9.17, 15) is 19.2 Å². The Balaban J connectivity index is 2.53. The van der Waals surface area contributed by atoms with Crippen molar-refractivity contribution < 1.29 is 42.9 Å². The number of carbonyl (C=O) groups excluding carboxylic acids is 4. The van der Waals surface area contributed by atoms with E-state index in [2.05, 4.69) is 5.32 Å². The van der Waals surface area contributed by atoms with E-state index in [0.717, 1.165) is 12.8 Å².